The lowest BCUT2D eigenvalue weighted by molar-refractivity contribution is -0.137. The Balaban J connectivity index is 2.50. The number of carbonyl (C=O) groups is 2. The van der Waals surface area contributed by atoms with Crippen LogP contribution in [0.4, 0.5) is 5.69 Å². The third kappa shape index (κ3) is 5.60. The Morgan fingerprint density at radius 1 is 1.05 bits per heavy atom. The van der Waals surface area contributed by atoms with Crippen molar-refractivity contribution in [2.45, 2.75) is 25.7 Å². The molecule has 1 aromatic rings. The maximum Gasteiger partial charge on any atom is 0.303 e. The largest absolute Gasteiger partial charge is 0.497 e. The van der Waals surface area contributed by atoms with Crippen LogP contribution in [0.1, 0.15) is 25.7 Å². The summed E-state index contributed by atoms with van der Waals surface area (Å²) in [4.78, 5) is 22.1. The van der Waals surface area contributed by atoms with E-state index < -0.39 is 5.97 Å². The summed E-state index contributed by atoms with van der Waals surface area (Å²) in [6, 6.07) is 5.10. The molecule has 0 aromatic heterocycles. The molecule has 0 aliphatic rings. The predicted molar refractivity (Wildman–Crippen MR) is 74.3 cm³/mol. The van der Waals surface area contributed by atoms with Crippen molar-refractivity contribution < 1.29 is 24.2 Å². The first kappa shape index (κ1) is 15.8. The molecule has 0 aliphatic heterocycles. The second kappa shape index (κ2) is 8.04. The van der Waals surface area contributed by atoms with Gasteiger partial charge in [0.15, 0.2) is 0 Å². The van der Waals surface area contributed by atoms with Crippen molar-refractivity contribution in [3.8, 4) is 11.5 Å². The zero-order valence-corrected chi connectivity index (χ0v) is 11.6. The Hall–Kier alpha value is -2.24. The topological polar surface area (TPSA) is 84.9 Å². The Morgan fingerprint density at radius 2 is 1.60 bits per heavy atom. The van der Waals surface area contributed by atoms with Crippen molar-refractivity contribution >= 4 is 17.6 Å². The number of hydrogen-bond donors (Lipinski definition) is 2. The van der Waals surface area contributed by atoms with Gasteiger partial charge in [-0.25, -0.2) is 0 Å². The molecule has 1 amide bonds. The van der Waals surface area contributed by atoms with Gasteiger partial charge in [-0.2, -0.15) is 0 Å². The molecule has 0 aliphatic carbocycles. The number of anilines is 1. The quantitative estimate of drug-likeness (QED) is 0.714. The van der Waals surface area contributed by atoms with E-state index in [-0.39, 0.29) is 18.7 Å². The second-order valence-corrected chi connectivity index (χ2v) is 4.25. The second-order valence-electron chi connectivity index (χ2n) is 4.25. The molecule has 20 heavy (non-hydrogen) atoms. The molecular formula is C14H19NO5. The Bertz CT molecular complexity index is 450. The van der Waals surface area contributed by atoms with Gasteiger partial charge in [0.2, 0.25) is 5.91 Å². The Kier molecular flexibility index (Phi) is 6.36. The van der Waals surface area contributed by atoms with Crippen molar-refractivity contribution in [2.75, 3.05) is 19.5 Å². The minimum atomic E-state index is -0.844. The number of carbonyl (C=O) groups excluding carboxylic acids is 1. The summed E-state index contributed by atoms with van der Waals surface area (Å²) in [5.41, 5.74) is 0.587. The van der Waals surface area contributed by atoms with E-state index in [0.29, 0.717) is 30.0 Å². The zero-order chi connectivity index (χ0) is 15.0. The number of carboxylic acids is 1. The van der Waals surface area contributed by atoms with Crippen LogP contribution in [0.15, 0.2) is 18.2 Å². The van der Waals surface area contributed by atoms with E-state index in [1.54, 1.807) is 18.2 Å². The molecule has 0 spiro atoms. The summed E-state index contributed by atoms with van der Waals surface area (Å²) in [7, 11) is 3.07. The fourth-order valence-electron chi connectivity index (χ4n) is 1.66. The van der Waals surface area contributed by atoms with E-state index in [1.807, 2.05) is 0 Å². The van der Waals surface area contributed by atoms with E-state index in [4.69, 9.17) is 14.6 Å². The molecule has 0 saturated carbocycles. The third-order valence-corrected chi connectivity index (χ3v) is 2.68. The van der Waals surface area contributed by atoms with Crippen LogP contribution in [0.3, 0.4) is 0 Å². The zero-order valence-electron chi connectivity index (χ0n) is 11.6. The minimum absolute atomic E-state index is 0.0836. The standard InChI is InChI=1S/C14H19NO5/c1-19-11-7-10(8-12(9-11)20-2)15-13(16)5-3-4-6-14(17)18/h7-9H,3-6H2,1-2H3,(H,15,16)(H,17,18). The van der Waals surface area contributed by atoms with Gasteiger partial charge in [-0.05, 0) is 12.8 Å². The van der Waals surface area contributed by atoms with Crippen molar-refractivity contribution in [2.24, 2.45) is 0 Å². The normalized spacial score (nSPS) is 9.90. The number of methoxy groups -OCH3 is 2. The fourth-order valence-corrected chi connectivity index (χ4v) is 1.66. The molecular weight excluding hydrogens is 262 g/mol. The van der Waals surface area contributed by atoms with Gasteiger partial charge in [-0.3, -0.25) is 9.59 Å². The molecule has 0 bridgehead atoms. The van der Waals surface area contributed by atoms with Crippen LogP contribution >= 0.6 is 0 Å². The fraction of sp³-hybridized carbons (Fsp3) is 0.429. The number of hydrogen-bond acceptors (Lipinski definition) is 4. The van der Waals surface area contributed by atoms with Gasteiger partial charge in [0.1, 0.15) is 11.5 Å². The summed E-state index contributed by atoms with van der Waals surface area (Å²) in [6.07, 6.45) is 1.40. The number of unbranched alkanes of at least 4 members (excludes halogenated alkanes) is 1. The van der Waals surface area contributed by atoms with Gasteiger partial charge in [0.25, 0.3) is 0 Å². The van der Waals surface area contributed by atoms with Crippen LogP contribution in [0.5, 0.6) is 11.5 Å². The van der Waals surface area contributed by atoms with Gasteiger partial charge in [-0.1, -0.05) is 0 Å². The number of nitrogens with one attached hydrogen (secondary N) is 1. The first-order chi connectivity index (χ1) is 9.55. The van der Waals surface area contributed by atoms with E-state index in [1.165, 1.54) is 14.2 Å². The molecule has 0 unspecified atom stereocenters. The van der Waals surface area contributed by atoms with Crippen molar-refractivity contribution in [1.82, 2.24) is 0 Å². The van der Waals surface area contributed by atoms with Crippen LogP contribution in [-0.2, 0) is 9.59 Å². The van der Waals surface area contributed by atoms with E-state index in [2.05, 4.69) is 5.32 Å². The predicted octanol–water partition coefficient (Wildman–Crippen LogP) is 2.29. The van der Waals surface area contributed by atoms with E-state index in [9.17, 15) is 9.59 Å². The van der Waals surface area contributed by atoms with E-state index in [0.717, 1.165) is 0 Å². The summed E-state index contributed by atoms with van der Waals surface area (Å²) in [5.74, 6) is 0.171. The van der Waals surface area contributed by atoms with Gasteiger partial charge >= 0.3 is 5.97 Å². The van der Waals surface area contributed by atoms with Crippen LogP contribution in [0, 0.1) is 0 Å². The molecule has 0 atom stereocenters. The highest BCUT2D eigenvalue weighted by Crippen LogP contribution is 2.25. The average Bonchev–Trinajstić information content (AvgIpc) is 2.42. The number of ether oxygens (including phenoxy) is 2. The van der Waals surface area contributed by atoms with E-state index >= 15 is 0 Å². The molecule has 110 valence electrons. The van der Waals surface area contributed by atoms with Crippen molar-refractivity contribution in [1.29, 1.82) is 0 Å². The van der Waals surface area contributed by atoms with Gasteiger partial charge < -0.3 is 19.9 Å². The summed E-state index contributed by atoms with van der Waals surface area (Å²) in [5, 5.41) is 11.2. The van der Waals surface area contributed by atoms with Crippen molar-refractivity contribution in [3.05, 3.63) is 18.2 Å². The van der Waals surface area contributed by atoms with Gasteiger partial charge in [0, 0.05) is 36.7 Å². The third-order valence-electron chi connectivity index (χ3n) is 2.68. The van der Waals surface area contributed by atoms with Crippen molar-refractivity contribution in [3.63, 3.8) is 0 Å². The molecule has 6 heteroatoms. The summed E-state index contributed by atoms with van der Waals surface area (Å²) >= 11 is 0. The Morgan fingerprint density at radius 3 is 2.10 bits per heavy atom. The summed E-state index contributed by atoms with van der Waals surface area (Å²) in [6.45, 7) is 0. The molecule has 0 fully saturated rings. The summed E-state index contributed by atoms with van der Waals surface area (Å²) < 4.78 is 10.2. The number of benzene rings is 1. The number of amides is 1. The lowest BCUT2D eigenvalue weighted by Crippen LogP contribution is -2.11. The maximum atomic E-state index is 11.7. The average molecular weight is 281 g/mol. The van der Waals surface area contributed by atoms with Crippen LogP contribution in [0.25, 0.3) is 0 Å². The highest BCUT2D eigenvalue weighted by molar-refractivity contribution is 5.91. The first-order valence-corrected chi connectivity index (χ1v) is 6.30. The SMILES string of the molecule is COc1cc(NC(=O)CCCCC(=O)O)cc(OC)c1. The number of aliphatic carboxylic acids is 1. The maximum absolute atomic E-state index is 11.7. The van der Waals surface area contributed by atoms with Crippen LogP contribution in [0.2, 0.25) is 0 Å². The highest BCUT2D eigenvalue weighted by Gasteiger charge is 2.06. The smallest absolute Gasteiger partial charge is 0.303 e. The lowest BCUT2D eigenvalue weighted by Gasteiger charge is -2.09. The van der Waals surface area contributed by atoms with Gasteiger partial charge in [-0.15, -0.1) is 0 Å². The van der Waals surface area contributed by atoms with Crippen LogP contribution in [-0.4, -0.2) is 31.2 Å². The number of carboxylic acid groups (broad SMARTS) is 1. The number of rotatable bonds is 8. The molecule has 6 nitrogen and oxygen atoms in total. The first-order valence-electron chi connectivity index (χ1n) is 6.30. The molecule has 1 rings (SSSR count). The van der Waals surface area contributed by atoms with Crippen LogP contribution < -0.4 is 14.8 Å². The highest BCUT2D eigenvalue weighted by atomic mass is 16.5. The lowest BCUT2D eigenvalue weighted by atomic mass is 10.2. The Labute approximate surface area is 117 Å². The molecule has 0 radical (unpaired) electrons. The minimum Gasteiger partial charge on any atom is -0.497 e. The molecule has 2 N–H and O–H groups in total. The molecule has 0 saturated heterocycles. The molecule has 1 aromatic carbocycles. The monoisotopic (exact) mass is 281 g/mol. The molecule has 0 heterocycles. The van der Waals surface area contributed by atoms with Gasteiger partial charge in [0.05, 0.1) is 14.2 Å².